The molecule has 1 fully saturated rings. The zero-order valence-corrected chi connectivity index (χ0v) is 10.9. The number of amides is 1. The minimum atomic E-state index is 0. The summed E-state index contributed by atoms with van der Waals surface area (Å²) in [5.41, 5.74) is 1.07. The molecule has 1 aliphatic heterocycles. The van der Waals surface area contributed by atoms with Gasteiger partial charge < -0.3 is 10.6 Å². The monoisotopic (exact) mass is 260 g/mol. The Morgan fingerprint density at radius 2 is 2.44 bits per heavy atom. The molecule has 1 amide bonds. The predicted molar refractivity (Wildman–Crippen MR) is 69.7 cm³/mol. The maximum atomic E-state index is 11.9. The van der Waals surface area contributed by atoms with E-state index in [1.54, 1.807) is 0 Å². The number of nitrogens with one attached hydrogen (secondary N) is 2. The smallest absolute Gasteiger partial charge is 0.261 e. The highest BCUT2D eigenvalue weighted by Crippen LogP contribution is 2.15. The number of halogens is 1. The van der Waals surface area contributed by atoms with E-state index in [9.17, 15) is 4.79 Å². The van der Waals surface area contributed by atoms with Crippen molar-refractivity contribution in [2.75, 3.05) is 13.1 Å². The van der Waals surface area contributed by atoms with Crippen molar-refractivity contribution < 1.29 is 4.79 Å². The molecule has 0 radical (unpaired) electrons. The van der Waals surface area contributed by atoms with Crippen LogP contribution in [-0.4, -0.2) is 25.0 Å². The molecule has 1 unspecified atom stereocenters. The van der Waals surface area contributed by atoms with E-state index < -0.39 is 0 Å². The Morgan fingerprint density at radius 3 is 3.00 bits per heavy atom. The van der Waals surface area contributed by atoms with E-state index >= 15 is 0 Å². The Hall–Kier alpha value is -0.580. The maximum absolute atomic E-state index is 11.9. The molecule has 3 nitrogen and oxygen atoms in total. The first-order chi connectivity index (χ1) is 7.27. The van der Waals surface area contributed by atoms with Crippen molar-refractivity contribution in [2.24, 2.45) is 0 Å². The molecule has 90 valence electrons. The lowest BCUT2D eigenvalue weighted by Crippen LogP contribution is -2.45. The maximum Gasteiger partial charge on any atom is 0.261 e. The Morgan fingerprint density at radius 1 is 1.62 bits per heavy atom. The number of carbonyl (C=O) groups excluding carboxylic acids is 1. The molecular formula is C11H17ClN2OS. The van der Waals surface area contributed by atoms with E-state index in [1.165, 1.54) is 11.3 Å². The molecule has 1 atom stereocenters. The quantitative estimate of drug-likeness (QED) is 0.854. The number of hydrogen-bond donors (Lipinski definition) is 2. The van der Waals surface area contributed by atoms with E-state index in [0.717, 1.165) is 36.4 Å². The summed E-state index contributed by atoms with van der Waals surface area (Å²) in [6.07, 6.45) is 2.23. The predicted octanol–water partition coefficient (Wildman–Crippen LogP) is 1.96. The summed E-state index contributed by atoms with van der Waals surface area (Å²) in [5.74, 6) is 0.0798. The number of piperidine rings is 1. The molecule has 0 aromatic carbocycles. The highest BCUT2D eigenvalue weighted by atomic mass is 35.5. The molecular weight excluding hydrogens is 244 g/mol. The van der Waals surface area contributed by atoms with Crippen molar-refractivity contribution in [1.29, 1.82) is 0 Å². The molecule has 2 N–H and O–H groups in total. The molecule has 16 heavy (non-hydrogen) atoms. The molecule has 1 aromatic heterocycles. The first-order valence-corrected chi connectivity index (χ1v) is 6.21. The van der Waals surface area contributed by atoms with Crippen molar-refractivity contribution in [1.82, 2.24) is 10.6 Å². The van der Waals surface area contributed by atoms with Crippen LogP contribution in [0.25, 0.3) is 0 Å². The second kappa shape index (κ2) is 6.23. The SMILES string of the molecule is Cc1ccsc1C(=O)NC1CCCNC1.Cl. The van der Waals surface area contributed by atoms with Crippen LogP contribution in [0.3, 0.4) is 0 Å². The average Bonchev–Trinajstić information content (AvgIpc) is 2.66. The van der Waals surface area contributed by atoms with Crippen LogP contribution in [0, 0.1) is 6.92 Å². The summed E-state index contributed by atoms with van der Waals surface area (Å²) in [7, 11) is 0. The summed E-state index contributed by atoms with van der Waals surface area (Å²) in [4.78, 5) is 12.7. The van der Waals surface area contributed by atoms with Gasteiger partial charge in [0.25, 0.3) is 5.91 Å². The van der Waals surface area contributed by atoms with E-state index in [2.05, 4.69) is 10.6 Å². The Balaban J connectivity index is 0.00000128. The molecule has 1 aliphatic rings. The summed E-state index contributed by atoms with van der Waals surface area (Å²) >= 11 is 1.51. The van der Waals surface area contributed by atoms with Crippen molar-refractivity contribution in [3.63, 3.8) is 0 Å². The first-order valence-electron chi connectivity index (χ1n) is 5.33. The molecule has 0 spiro atoms. The van der Waals surface area contributed by atoms with Gasteiger partial charge >= 0.3 is 0 Å². The third-order valence-corrected chi connectivity index (χ3v) is 3.72. The number of rotatable bonds is 2. The van der Waals surface area contributed by atoms with Crippen LogP contribution in [0.2, 0.25) is 0 Å². The van der Waals surface area contributed by atoms with Gasteiger partial charge in [-0.25, -0.2) is 0 Å². The van der Waals surface area contributed by atoms with Crippen LogP contribution < -0.4 is 10.6 Å². The summed E-state index contributed by atoms with van der Waals surface area (Å²) in [6, 6.07) is 2.28. The van der Waals surface area contributed by atoms with Gasteiger partial charge in [0.2, 0.25) is 0 Å². The fraction of sp³-hybridized carbons (Fsp3) is 0.545. The van der Waals surface area contributed by atoms with E-state index in [0.29, 0.717) is 6.04 Å². The normalized spacial score (nSPS) is 19.9. The van der Waals surface area contributed by atoms with Crippen molar-refractivity contribution in [2.45, 2.75) is 25.8 Å². The molecule has 0 bridgehead atoms. The van der Waals surface area contributed by atoms with Gasteiger partial charge in [0.1, 0.15) is 0 Å². The van der Waals surface area contributed by atoms with Gasteiger partial charge in [-0.2, -0.15) is 0 Å². The van der Waals surface area contributed by atoms with Crippen LogP contribution in [0.5, 0.6) is 0 Å². The zero-order chi connectivity index (χ0) is 10.7. The largest absolute Gasteiger partial charge is 0.347 e. The minimum Gasteiger partial charge on any atom is -0.347 e. The zero-order valence-electron chi connectivity index (χ0n) is 9.29. The molecule has 1 saturated heterocycles. The lowest BCUT2D eigenvalue weighted by atomic mass is 10.1. The second-order valence-corrected chi connectivity index (χ2v) is 4.87. The highest BCUT2D eigenvalue weighted by Gasteiger charge is 2.17. The molecule has 5 heteroatoms. The van der Waals surface area contributed by atoms with Crippen LogP contribution >= 0.6 is 23.7 Å². The van der Waals surface area contributed by atoms with E-state index in [4.69, 9.17) is 0 Å². The minimum absolute atomic E-state index is 0. The van der Waals surface area contributed by atoms with Gasteiger partial charge in [0, 0.05) is 12.6 Å². The summed E-state index contributed by atoms with van der Waals surface area (Å²) in [6.45, 7) is 3.95. The average molecular weight is 261 g/mol. The third kappa shape index (κ3) is 3.20. The van der Waals surface area contributed by atoms with Crippen LogP contribution in [0.4, 0.5) is 0 Å². The van der Waals surface area contributed by atoms with Crippen molar-refractivity contribution in [3.05, 3.63) is 21.9 Å². The molecule has 1 aromatic rings. The van der Waals surface area contributed by atoms with Crippen LogP contribution in [-0.2, 0) is 0 Å². The Labute approximate surface area is 106 Å². The topological polar surface area (TPSA) is 41.1 Å². The number of carbonyl (C=O) groups is 1. The number of thiophene rings is 1. The summed E-state index contributed by atoms with van der Waals surface area (Å²) < 4.78 is 0. The fourth-order valence-electron chi connectivity index (χ4n) is 1.83. The standard InChI is InChI=1S/C11H16N2OS.ClH/c1-8-4-6-15-10(8)11(14)13-9-3-2-5-12-7-9;/h4,6,9,12H,2-3,5,7H2,1H3,(H,13,14);1H. The van der Waals surface area contributed by atoms with Gasteiger partial charge in [0.05, 0.1) is 4.88 Å². The number of aryl methyl sites for hydroxylation is 1. The number of hydrogen-bond acceptors (Lipinski definition) is 3. The fourth-order valence-corrected chi connectivity index (χ4v) is 2.66. The second-order valence-electron chi connectivity index (χ2n) is 3.95. The van der Waals surface area contributed by atoms with Gasteiger partial charge in [-0.15, -0.1) is 23.7 Å². The highest BCUT2D eigenvalue weighted by molar-refractivity contribution is 7.12. The van der Waals surface area contributed by atoms with Crippen molar-refractivity contribution in [3.8, 4) is 0 Å². The molecule has 0 aliphatic carbocycles. The molecule has 2 heterocycles. The lowest BCUT2D eigenvalue weighted by molar-refractivity contribution is 0.0934. The van der Waals surface area contributed by atoms with Gasteiger partial charge in [-0.1, -0.05) is 0 Å². The van der Waals surface area contributed by atoms with Crippen LogP contribution in [0.1, 0.15) is 28.1 Å². The van der Waals surface area contributed by atoms with E-state index in [1.807, 2.05) is 18.4 Å². The first kappa shape index (κ1) is 13.5. The van der Waals surface area contributed by atoms with Gasteiger partial charge in [0.15, 0.2) is 0 Å². The molecule has 0 saturated carbocycles. The van der Waals surface area contributed by atoms with Crippen LogP contribution in [0.15, 0.2) is 11.4 Å². The van der Waals surface area contributed by atoms with Crippen molar-refractivity contribution >= 4 is 29.7 Å². The van der Waals surface area contributed by atoms with Gasteiger partial charge in [-0.3, -0.25) is 4.79 Å². The Bertz CT molecular complexity index is 348. The Kier molecular flexibility index (Phi) is 5.25. The lowest BCUT2D eigenvalue weighted by Gasteiger charge is -2.23. The summed E-state index contributed by atoms with van der Waals surface area (Å²) in [5, 5.41) is 8.32. The molecule has 2 rings (SSSR count). The van der Waals surface area contributed by atoms with E-state index in [-0.39, 0.29) is 18.3 Å². The van der Waals surface area contributed by atoms with Gasteiger partial charge in [-0.05, 0) is 43.3 Å². The third-order valence-electron chi connectivity index (χ3n) is 2.70.